The van der Waals surface area contributed by atoms with Gasteiger partial charge in [0, 0.05) is 28.2 Å². The van der Waals surface area contributed by atoms with Gasteiger partial charge in [-0.25, -0.2) is 15.0 Å². The molecule has 1 saturated carbocycles. The first-order valence-corrected chi connectivity index (χ1v) is 14.7. The second-order valence-corrected chi connectivity index (χ2v) is 11.6. The fraction of sp³-hybridized carbons (Fsp3) is 0.414. The maximum Gasteiger partial charge on any atom is 0.279 e. The quantitative estimate of drug-likeness (QED) is 0.251. The lowest BCUT2D eigenvalue weighted by Crippen LogP contribution is -2.29. The van der Waals surface area contributed by atoms with Crippen LogP contribution in [0.3, 0.4) is 0 Å². The number of hydrogen-bond acceptors (Lipinski definition) is 9. The first-order valence-electron chi connectivity index (χ1n) is 13.5. The highest BCUT2D eigenvalue weighted by Gasteiger charge is 2.19. The highest BCUT2D eigenvalue weighted by Crippen LogP contribution is 2.29. The van der Waals surface area contributed by atoms with Crippen LogP contribution in [-0.4, -0.2) is 49.5 Å². The maximum atomic E-state index is 13.3. The molecule has 0 amide bonds. The van der Waals surface area contributed by atoms with Gasteiger partial charge in [0.25, 0.3) is 5.56 Å². The molecule has 1 fully saturated rings. The Balaban J connectivity index is 0.000000350. The summed E-state index contributed by atoms with van der Waals surface area (Å²) in [7, 11) is 4.38. The van der Waals surface area contributed by atoms with Gasteiger partial charge in [-0.1, -0.05) is 43.0 Å². The number of halogens is 1. The first kappa shape index (κ1) is 29.8. The highest BCUT2D eigenvalue weighted by molar-refractivity contribution is 8.00. The van der Waals surface area contributed by atoms with E-state index < -0.39 is 0 Å². The van der Waals surface area contributed by atoms with Gasteiger partial charge in [-0.15, -0.1) is 0 Å². The normalized spacial score (nSPS) is 13.9. The molecule has 40 heavy (non-hydrogen) atoms. The number of nitrogen functional groups attached to an aromatic ring is 1. The third-order valence-electron chi connectivity index (χ3n) is 6.92. The number of anilines is 2. The van der Waals surface area contributed by atoms with Crippen LogP contribution >= 0.6 is 23.5 Å². The van der Waals surface area contributed by atoms with Crippen molar-refractivity contribution in [1.29, 1.82) is 0 Å². The maximum absolute atomic E-state index is 13.3. The van der Waals surface area contributed by atoms with Crippen LogP contribution in [-0.2, 0) is 0 Å². The minimum atomic E-state index is -0.253. The van der Waals surface area contributed by atoms with Crippen molar-refractivity contribution in [3.8, 4) is 11.3 Å². The molecule has 3 heterocycles. The summed E-state index contributed by atoms with van der Waals surface area (Å²) in [5.74, 6) is 0.743. The second kappa shape index (κ2) is 13.4. The van der Waals surface area contributed by atoms with Crippen molar-refractivity contribution in [3.05, 3.63) is 63.7 Å². The van der Waals surface area contributed by atoms with Gasteiger partial charge >= 0.3 is 0 Å². The van der Waals surface area contributed by atoms with Crippen LogP contribution in [0, 0.1) is 6.92 Å². The van der Waals surface area contributed by atoms with E-state index in [0.29, 0.717) is 39.0 Å². The number of fused-ring (bicyclic) bond motifs is 1. The van der Waals surface area contributed by atoms with E-state index in [-0.39, 0.29) is 17.5 Å². The van der Waals surface area contributed by atoms with E-state index in [1.165, 1.54) is 50.2 Å². The number of hydrogen-bond donors (Lipinski definition) is 2. The molecule has 1 aromatic carbocycles. The average molecular weight is 581 g/mol. The van der Waals surface area contributed by atoms with Crippen molar-refractivity contribution in [2.24, 2.45) is 0 Å². The zero-order valence-electron chi connectivity index (χ0n) is 23.7. The molecular weight excluding hydrogens is 544 g/mol. The Labute approximate surface area is 244 Å². The summed E-state index contributed by atoms with van der Waals surface area (Å²) in [5.41, 5.74) is 7.98. The molecule has 0 atom stereocenters. The standard InChI is InChI=1S/C21H20ClN7OS.C8H17N/c1-11(2)29-19-15(10-24-21(23)27-19)26-18(20(29)30)13-8-9-17(25-12(13)3)28-31-16-7-5-4-6-14(16)22;1-9(2)8-6-4-3-5-7-8/h4-11H,1-3H3,(H,25,28)(H2,23,24,27);8H,3-7H2,1-2H3. The van der Waals surface area contributed by atoms with Gasteiger partial charge in [0.1, 0.15) is 17.0 Å². The molecule has 0 aliphatic heterocycles. The molecule has 0 radical (unpaired) electrons. The summed E-state index contributed by atoms with van der Waals surface area (Å²) < 4.78 is 4.76. The Morgan fingerprint density at radius 3 is 2.42 bits per heavy atom. The highest BCUT2D eigenvalue weighted by atomic mass is 35.5. The lowest BCUT2D eigenvalue weighted by atomic mass is 9.95. The molecule has 5 rings (SSSR count). The van der Waals surface area contributed by atoms with Crippen molar-refractivity contribution in [2.45, 2.75) is 69.9 Å². The zero-order chi connectivity index (χ0) is 28.8. The van der Waals surface area contributed by atoms with Gasteiger partial charge < -0.3 is 15.4 Å². The number of nitrogens with two attached hydrogens (primary N) is 1. The zero-order valence-corrected chi connectivity index (χ0v) is 25.3. The van der Waals surface area contributed by atoms with Crippen LogP contribution in [0.25, 0.3) is 22.4 Å². The molecule has 0 bridgehead atoms. The minimum Gasteiger partial charge on any atom is -0.368 e. The predicted molar refractivity (Wildman–Crippen MR) is 166 cm³/mol. The second-order valence-electron chi connectivity index (χ2n) is 10.4. The molecule has 3 N–H and O–H groups in total. The number of aromatic nitrogens is 5. The van der Waals surface area contributed by atoms with Crippen molar-refractivity contribution >= 4 is 46.5 Å². The number of pyridine rings is 1. The van der Waals surface area contributed by atoms with Gasteiger partial charge in [0.15, 0.2) is 5.65 Å². The molecule has 4 aromatic rings. The summed E-state index contributed by atoms with van der Waals surface area (Å²) in [6.45, 7) is 5.66. The molecule has 0 saturated heterocycles. The molecule has 9 nitrogen and oxygen atoms in total. The van der Waals surface area contributed by atoms with Gasteiger partial charge in [-0.05, 0) is 83.9 Å². The third kappa shape index (κ3) is 7.10. The van der Waals surface area contributed by atoms with Crippen molar-refractivity contribution in [2.75, 3.05) is 24.6 Å². The van der Waals surface area contributed by atoms with E-state index in [1.807, 2.05) is 51.1 Å². The van der Waals surface area contributed by atoms with Crippen molar-refractivity contribution in [3.63, 3.8) is 0 Å². The van der Waals surface area contributed by atoms with Crippen LogP contribution in [0.2, 0.25) is 5.02 Å². The first-order chi connectivity index (χ1) is 19.2. The van der Waals surface area contributed by atoms with Gasteiger partial charge in [0.05, 0.1) is 11.2 Å². The topological polar surface area (TPSA) is 115 Å². The minimum absolute atomic E-state index is 0.0974. The van der Waals surface area contributed by atoms with E-state index >= 15 is 0 Å². The molecule has 0 spiro atoms. The van der Waals surface area contributed by atoms with Crippen LogP contribution < -0.4 is 16.0 Å². The van der Waals surface area contributed by atoms with Crippen molar-refractivity contribution in [1.82, 2.24) is 29.4 Å². The lowest BCUT2D eigenvalue weighted by molar-refractivity contribution is 0.229. The van der Waals surface area contributed by atoms with Crippen LogP contribution in [0.4, 0.5) is 11.8 Å². The fourth-order valence-electron chi connectivity index (χ4n) is 4.77. The molecule has 3 aromatic heterocycles. The van der Waals surface area contributed by atoms with Gasteiger partial charge in [-0.3, -0.25) is 9.36 Å². The Morgan fingerprint density at radius 1 is 1.07 bits per heavy atom. The number of aryl methyl sites for hydroxylation is 1. The molecule has 11 heteroatoms. The lowest BCUT2D eigenvalue weighted by Gasteiger charge is -2.27. The Morgan fingerprint density at radius 2 is 1.80 bits per heavy atom. The van der Waals surface area contributed by atoms with Crippen LogP contribution in [0.15, 0.2) is 52.3 Å². The van der Waals surface area contributed by atoms with Gasteiger partial charge in [-0.2, -0.15) is 4.98 Å². The van der Waals surface area contributed by atoms with E-state index in [9.17, 15) is 4.79 Å². The molecule has 1 aliphatic carbocycles. The Kier molecular flexibility index (Phi) is 9.99. The van der Waals surface area contributed by atoms with Crippen LogP contribution in [0.1, 0.15) is 57.7 Å². The molecule has 212 valence electrons. The van der Waals surface area contributed by atoms with E-state index in [0.717, 1.165) is 10.9 Å². The summed E-state index contributed by atoms with van der Waals surface area (Å²) in [6.07, 6.45) is 8.73. The molecule has 0 unspecified atom stereocenters. The van der Waals surface area contributed by atoms with Crippen molar-refractivity contribution < 1.29 is 0 Å². The largest absolute Gasteiger partial charge is 0.368 e. The summed E-state index contributed by atoms with van der Waals surface area (Å²) in [6, 6.07) is 11.9. The summed E-state index contributed by atoms with van der Waals surface area (Å²) in [4.78, 5) is 33.9. The Hall–Kier alpha value is -3.21. The van der Waals surface area contributed by atoms with E-state index in [2.05, 4.69) is 43.7 Å². The van der Waals surface area contributed by atoms with Crippen LogP contribution in [0.5, 0.6) is 0 Å². The monoisotopic (exact) mass is 580 g/mol. The SMILES string of the molecule is CN(C)C1CCCCC1.Cc1nc(NSc2ccccc2Cl)ccc1-c1nc2cnc(N)nc2n(C(C)C)c1=O. The number of rotatable bonds is 6. The number of nitrogens with one attached hydrogen (secondary N) is 1. The molecular formula is C29H37ClN8OS. The van der Waals surface area contributed by atoms with Gasteiger partial charge in [0.2, 0.25) is 5.95 Å². The average Bonchev–Trinajstić information content (AvgIpc) is 2.93. The summed E-state index contributed by atoms with van der Waals surface area (Å²) >= 11 is 7.57. The fourth-order valence-corrected chi connectivity index (χ4v) is 5.66. The third-order valence-corrected chi connectivity index (χ3v) is 8.24. The summed E-state index contributed by atoms with van der Waals surface area (Å²) in [5, 5.41) is 0.658. The predicted octanol–water partition coefficient (Wildman–Crippen LogP) is 6.37. The molecule has 1 aliphatic rings. The van der Waals surface area contributed by atoms with E-state index in [4.69, 9.17) is 17.3 Å². The Bertz CT molecular complexity index is 1520. The smallest absolute Gasteiger partial charge is 0.279 e. The number of benzene rings is 1. The van der Waals surface area contributed by atoms with E-state index in [1.54, 1.807) is 10.6 Å². The number of nitrogens with zero attached hydrogens (tertiary/aromatic N) is 6.